The molecule has 10 N–H and O–H groups in total. The van der Waals surface area contributed by atoms with E-state index in [1.165, 1.54) is 25.1 Å². The van der Waals surface area contributed by atoms with Crippen LogP contribution in [0.15, 0.2) is 91.6 Å². The molecular formula is C31H27N7O15S3. The summed E-state index contributed by atoms with van der Waals surface area (Å²) in [5, 5.41) is 41.5. The number of ether oxygens (including phenoxy) is 1. The molecule has 0 fully saturated rings. The van der Waals surface area contributed by atoms with Crippen LogP contribution in [0, 0.1) is 18.8 Å². The van der Waals surface area contributed by atoms with Crippen LogP contribution in [0.25, 0.3) is 10.8 Å². The number of nitrogens with zero attached hydrogens (tertiary/aromatic N) is 5. The normalized spacial score (nSPS) is 12.8. The molecule has 0 saturated carbocycles. The van der Waals surface area contributed by atoms with Gasteiger partial charge in [0.1, 0.15) is 39.5 Å². The number of azo groups is 1. The maximum Gasteiger partial charge on any atom is 0.338 e. The molecule has 25 heteroatoms. The van der Waals surface area contributed by atoms with Gasteiger partial charge in [0, 0.05) is 5.39 Å². The number of rotatable bonds is 13. The van der Waals surface area contributed by atoms with E-state index in [9.17, 15) is 54.6 Å². The van der Waals surface area contributed by atoms with Crippen LogP contribution in [-0.2, 0) is 29.9 Å². The fraction of sp³-hybridized carbons (Fsp3) is 0.0968. The van der Waals surface area contributed by atoms with E-state index in [1.807, 2.05) is 0 Å². The molecular weight excluding hydrogens is 807 g/mol. The van der Waals surface area contributed by atoms with Crippen LogP contribution in [0.5, 0.6) is 17.5 Å². The Kier molecular flexibility index (Phi) is 12.0. The average molecular weight is 834 g/mol. The summed E-state index contributed by atoms with van der Waals surface area (Å²) in [5.41, 5.74) is -1.44. The van der Waals surface area contributed by atoms with Gasteiger partial charge in [0.2, 0.25) is 11.9 Å². The molecule has 0 bridgehead atoms. The second-order valence-electron chi connectivity index (χ2n) is 11.1. The summed E-state index contributed by atoms with van der Waals surface area (Å²) in [4.78, 5) is 25.5. The first-order valence-corrected chi connectivity index (χ1v) is 19.4. The van der Waals surface area contributed by atoms with Crippen LogP contribution >= 0.6 is 10.9 Å². The van der Waals surface area contributed by atoms with Gasteiger partial charge in [-0.15, -0.1) is 10.2 Å². The van der Waals surface area contributed by atoms with Crippen LogP contribution in [0.1, 0.15) is 5.56 Å². The third-order valence-electron chi connectivity index (χ3n) is 7.08. The minimum absolute atomic E-state index is 0.193. The molecule has 0 saturated heterocycles. The van der Waals surface area contributed by atoms with Crippen LogP contribution in [0.4, 0.5) is 29.0 Å². The molecule has 0 spiro atoms. The number of carboxylic acids is 1. The average Bonchev–Trinajstić information content (AvgIpc) is 3.10. The van der Waals surface area contributed by atoms with Gasteiger partial charge in [-0.2, -0.15) is 31.8 Å². The predicted octanol–water partition coefficient (Wildman–Crippen LogP) is 5.42. The van der Waals surface area contributed by atoms with Gasteiger partial charge in [0.25, 0.3) is 20.2 Å². The zero-order valence-corrected chi connectivity index (χ0v) is 30.5. The summed E-state index contributed by atoms with van der Waals surface area (Å²) in [7, 11) is -14.8. The number of phenols is 1. The third kappa shape index (κ3) is 9.97. The Balaban J connectivity index is 1.74. The lowest BCUT2D eigenvalue weighted by atomic mass is 10.1. The minimum atomic E-state index is -5.07. The Morgan fingerprint density at radius 1 is 0.875 bits per heavy atom. The molecule has 22 nitrogen and oxygen atoms in total. The van der Waals surface area contributed by atoms with Crippen molar-refractivity contribution in [2.45, 2.75) is 27.7 Å². The molecule has 294 valence electrons. The first-order chi connectivity index (χ1) is 26.2. The summed E-state index contributed by atoms with van der Waals surface area (Å²) in [6, 6.07) is 11.6. The van der Waals surface area contributed by atoms with Crippen molar-refractivity contribution in [3.63, 3.8) is 0 Å². The van der Waals surface area contributed by atoms with E-state index < -0.39 is 116 Å². The summed E-state index contributed by atoms with van der Waals surface area (Å²) in [5.74, 6) is 1.10. The molecule has 0 radical (unpaired) electrons. The number of aromatic hydroxyl groups is 1. The lowest BCUT2D eigenvalue weighted by Gasteiger charge is -2.23. The van der Waals surface area contributed by atoms with E-state index in [2.05, 4.69) is 52.5 Å². The SMILES string of the molecule is Cc1ccc(N=Nc2c(S(O)(O)O)cc3cc(S(=O)(=O)O)cc(Nc4nc(NC(C#CCOO)C(=O)O)nc(Oc5ccccc5)n4)c3c2O)c(S(=O)(=O)O)c1. The number of aromatic nitrogens is 3. The molecule has 1 aromatic heterocycles. The number of anilines is 3. The quantitative estimate of drug-likeness (QED) is 0.0232. The number of phenolic OH excluding ortho intramolecular Hbond substituents is 1. The lowest BCUT2D eigenvalue weighted by molar-refractivity contribution is -0.229. The van der Waals surface area contributed by atoms with Crippen molar-refractivity contribution in [3.05, 3.63) is 72.3 Å². The molecule has 5 aromatic rings. The number of carbonyl (C=O) groups is 1. The van der Waals surface area contributed by atoms with E-state index in [1.54, 1.807) is 18.2 Å². The van der Waals surface area contributed by atoms with Crippen molar-refractivity contribution in [3.8, 4) is 29.4 Å². The minimum Gasteiger partial charge on any atom is -0.505 e. The largest absolute Gasteiger partial charge is 0.505 e. The first-order valence-electron chi connectivity index (χ1n) is 15.1. The highest BCUT2D eigenvalue weighted by atomic mass is 32.3. The van der Waals surface area contributed by atoms with Gasteiger partial charge in [0.05, 0.1) is 15.5 Å². The number of hydrogen-bond acceptors (Lipinski definition) is 19. The molecule has 0 aliphatic carbocycles. The smallest absolute Gasteiger partial charge is 0.338 e. The van der Waals surface area contributed by atoms with E-state index >= 15 is 0 Å². The predicted molar refractivity (Wildman–Crippen MR) is 195 cm³/mol. The monoisotopic (exact) mass is 833 g/mol. The maximum absolute atomic E-state index is 12.4. The van der Waals surface area contributed by atoms with Crippen LogP contribution in [-0.4, -0.2) is 88.6 Å². The molecule has 1 heterocycles. The third-order valence-corrected chi connectivity index (χ3v) is 9.70. The Morgan fingerprint density at radius 2 is 1.57 bits per heavy atom. The van der Waals surface area contributed by atoms with E-state index in [0.717, 1.165) is 30.3 Å². The topological polar surface area (TPSA) is 353 Å². The highest BCUT2D eigenvalue weighted by molar-refractivity contribution is 8.19. The van der Waals surface area contributed by atoms with E-state index in [4.69, 9.17) is 9.99 Å². The van der Waals surface area contributed by atoms with Crippen LogP contribution < -0.4 is 15.4 Å². The summed E-state index contributed by atoms with van der Waals surface area (Å²) in [6.07, 6.45) is 0. The zero-order valence-electron chi connectivity index (χ0n) is 28.0. The summed E-state index contributed by atoms with van der Waals surface area (Å²) >= 11 is 0. The molecule has 0 aliphatic rings. The van der Waals surface area contributed by atoms with Gasteiger partial charge in [-0.3, -0.25) is 14.4 Å². The summed E-state index contributed by atoms with van der Waals surface area (Å²) in [6.45, 7) is 0.953. The number of aryl methyl sites for hydroxylation is 1. The van der Waals surface area contributed by atoms with Crippen molar-refractivity contribution in [2.75, 3.05) is 17.2 Å². The standard InChI is InChI=1S/C31H27N7O15S3/c1-16-9-10-20(23(12-16)55(46,47)48)37-38-26-24(56(49,50)51)14-17-13-19(54(43,44)45)15-22(25(17)27(26)39)33-30-34-29(32-21(28(40)41)8-5-11-52-42)35-31(36-30)53-18-6-3-2-4-7-18/h2-4,6-7,9-10,12-15,21,39,42,49-51H,11H2,1H3,(H,40,41)(H,43,44,45)(H,46,47,48)(H2,32,33,34,35,36). The zero-order chi connectivity index (χ0) is 41.0. The Labute approximate surface area is 317 Å². The first kappa shape index (κ1) is 41.1. The summed E-state index contributed by atoms with van der Waals surface area (Å²) < 4.78 is 105. The van der Waals surface area contributed by atoms with Crippen molar-refractivity contribution in [1.82, 2.24) is 15.0 Å². The molecule has 1 atom stereocenters. The molecule has 56 heavy (non-hydrogen) atoms. The molecule has 0 amide bonds. The van der Waals surface area contributed by atoms with Gasteiger partial charge < -0.3 is 39.2 Å². The number of para-hydroxylation sites is 1. The number of hydrogen-bond donors (Lipinski definition) is 10. The Morgan fingerprint density at radius 3 is 2.20 bits per heavy atom. The lowest BCUT2D eigenvalue weighted by Crippen LogP contribution is -2.29. The van der Waals surface area contributed by atoms with Gasteiger partial charge in [-0.1, -0.05) is 36.1 Å². The van der Waals surface area contributed by atoms with Gasteiger partial charge in [-0.25, -0.2) is 9.68 Å². The van der Waals surface area contributed by atoms with E-state index in [-0.39, 0.29) is 5.75 Å². The number of benzene rings is 4. The van der Waals surface area contributed by atoms with Gasteiger partial charge >= 0.3 is 12.0 Å². The molecule has 1 unspecified atom stereocenters. The van der Waals surface area contributed by atoms with Crippen molar-refractivity contribution < 1.29 is 69.5 Å². The highest BCUT2D eigenvalue weighted by Gasteiger charge is 2.29. The number of fused-ring (bicyclic) bond motifs is 1. The van der Waals surface area contributed by atoms with Gasteiger partial charge in [-0.05, 0) is 60.3 Å². The number of carboxylic acid groups (broad SMARTS) is 1. The maximum atomic E-state index is 12.4. The second-order valence-corrected chi connectivity index (χ2v) is 15.4. The van der Waals surface area contributed by atoms with Crippen LogP contribution in [0.3, 0.4) is 0 Å². The second kappa shape index (κ2) is 16.4. The highest BCUT2D eigenvalue weighted by Crippen LogP contribution is 2.55. The fourth-order valence-electron chi connectivity index (χ4n) is 4.73. The Bertz CT molecular complexity index is 2650. The molecule has 5 rings (SSSR count). The number of nitrogens with one attached hydrogen (secondary N) is 2. The van der Waals surface area contributed by atoms with Crippen LogP contribution in [0.2, 0.25) is 0 Å². The van der Waals surface area contributed by atoms with Crippen molar-refractivity contribution in [2.24, 2.45) is 10.2 Å². The fourth-order valence-corrected chi connectivity index (χ4v) is 6.66. The number of aliphatic carboxylic acids is 1. The van der Waals surface area contributed by atoms with Crippen molar-refractivity contribution in [1.29, 1.82) is 0 Å². The van der Waals surface area contributed by atoms with Gasteiger partial charge in [0.15, 0.2) is 11.8 Å². The van der Waals surface area contributed by atoms with Crippen molar-refractivity contribution >= 4 is 76.8 Å². The Hall–Kier alpha value is -6.05. The molecule has 0 aliphatic heterocycles. The van der Waals surface area contributed by atoms with E-state index in [0.29, 0.717) is 5.56 Å². The molecule has 4 aromatic carbocycles.